The first-order chi connectivity index (χ1) is 24.5. The van der Waals surface area contributed by atoms with Gasteiger partial charge >= 0.3 is 18.0 Å². The van der Waals surface area contributed by atoms with Gasteiger partial charge in [-0.15, -0.1) is 0 Å². The molecular weight excluding hydrogens is 672 g/mol. The van der Waals surface area contributed by atoms with E-state index in [4.69, 9.17) is 14.2 Å². The summed E-state index contributed by atoms with van der Waals surface area (Å²) in [6, 6.07) is 5.15. The summed E-state index contributed by atoms with van der Waals surface area (Å²) < 4.78 is 16.2. The average molecular weight is 731 g/mol. The molecule has 0 fully saturated rings. The van der Waals surface area contributed by atoms with Crippen molar-refractivity contribution in [2.24, 2.45) is 23.7 Å². The van der Waals surface area contributed by atoms with Crippen molar-refractivity contribution in [3.8, 4) is 0 Å². The molecule has 0 heterocycles. The fraction of sp³-hybridized carbons (Fsp3) is 0.605. The topological polar surface area (TPSA) is 195 Å². The van der Waals surface area contributed by atoms with Crippen LogP contribution in [0.2, 0.25) is 0 Å². The predicted octanol–water partition coefficient (Wildman–Crippen LogP) is 3.76. The van der Waals surface area contributed by atoms with E-state index >= 15 is 0 Å². The molecule has 0 aliphatic heterocycles. The zero-order valence-electron chi connectivity index (χ0n) is 31.8. The largest absolute Gasteiger partial charge is 0.459 e. The number of benzene rings is 1. The maximum Gasteiger partial charge on any atom is 0.408 e. The Labute approximate surface area is 307 Å². The Morgan fingerprint density at radius 3 is 2.04 bits per heavy atom. The Morgan fingerprint density at radius 2 is 1.48 bits per heavy atom. The maximum absolute atomic E-state index is 14.0. The van der Waals surface area contributed by atoms with Gasteiger partial charge in [-0.25, -0.2) is 14.4 Å². The predicted molar refractivity (Wildman–Crippen MR) is 194 cm³/mol. The molecule has 14 heteroatoms. The molecular formula is C38H58N4O10. The van der Waals surface area contributed by atoms with Gasteiger partial charge in [0.2, 0.25) is 17.7 Å². The van der Waals surface area contributed by atoms with Crippen LogP contribution in [0.5, 0.6) is 0 Å². The van der Waals surface area contributed by atoms with Crippen LogP contribution in [-0.4, -0.2) is 79.4 Å². The van der Waals surface area contributed by atoms with Crippen LogP contribution in [0, 0.1) is 23.7 Å². The molecule has 0 aliphatic rings. The summed E-state index contributed by atoms with van der Waals surface area (Å²) in [7, 11) is 1.45. The van der Waals surface area contributed by atoms with Gasteiger partial charge in [0.1, 0.15) is 43.2 Å². The number of ether oxygens (including phenoxy) is 3. The summed E-state index contributed by atoms with van der Waals surface area (Å²) >= 11 is 0. The number of ketones is 1. The lowest BCUT2D eigenvalue weighted by Crippen LogP contribution is -2.58. The standard InChI is InChI=1S/C38H58N4O10/c1-10-19-50-38(49)42-32(25(7)11-2)37(48)52-26(8)33(41-34(45)28(17-18-31(44)39-9)21-30(43)24(5)6)35(46)40-29(20-23(3)4)36(47)51-22-27-15-13-12-14-16-27/h10,12-16,23-26,28-29,32-33H,1,11,17-22H2,2-9H3,(H,39,44)(H,40,46)(H,41,45)(H,42,49)/t25-,26+,28+,29-,32-,33-/m0/s1. The summed E-state index contributed by atoms with van der Waals surface area (Å²) in [5.74, 6) is -5.60. The third-order valence-corrected chi connectivity index (χ3v) is 8.42. The molecule has 52 heavy (non-hydrogen) atoms. The molecule has 0 bridgehead atoms. The molecule has 290 valence electrons. The van der Waals surface area contributed by atoms with Crippen LogP contribution in [0.4, 0.5) is 4.79 Å². The smallest absolute Gasteiger partial charge is 0.408 e. The Kier molecular flexibility index (Phi) is 20.6. The number of hydrogen-bond acceptors (Lipinski definition) is 10. The molecule has 1 aromatic rings. The molecule has 0 spiro atoms. The van der Waals surface area contributed by atoms with Crippen molar-refractivity contribution in [1.82, 2.24) is 21.3 Å². The minimum Gasteiger partial charge on any atom is -0.459 e. The second-order valence-electron chi connectivity index (χ2n) is 13.5. The molecule has 0 aliphatic carbocycles. The molecule has 4 amide bonds. The van der Waals surface area contributed by atoms with E-state index in [1.54, 1.807) is 45.0 Å². The van der Waals surface area contributed by atoms with Gasteiger partial charge in [0.15, 0.2) is 0 Å². The molecule has 14 nitrogen and oxygen atoms in total. The molecule has 0 saturated carbocycles. The molecule has 1 aromatic carbocycles. The van der Waals surface area contributed by atoms with Crippen LogP contribution in [0.25, 0.3) is 0 Å². The highest BCUT2D eigenvalue weighted by Crippen LogP contribution is 2.18. The van der Waals surface area contributed by atoms with E-state index in [2.05, 4.69) is 27.8 Å². The zero-order chi connectivity index (χ0) is 39.4. The van der Waals surface area contributed by atoms with E-state index in [1.165, 1.54) is 20.0 Å². The quantitative estimate of drug-likeness (QED) is 0.0732. The Balaban J connectivity index is 3.46. The van der Waals surface area contributed by atoms with Crippen molar-refractivity contribution in [3.05, 3.63) is 48.6 Å². The van der Waals surface area contributed by atoms with Crippen LogP contribution < -0.4 is 21.3 Å². The number of alkyl carbamates (subject to hydrolysis) is 1. The van der Waals surface area contributed by atoms with Crippen LogP contribution in [0.3, 0.4) is 0 Å². The van der Waals surface area contributed by atoms with Crippen molar-refractivity contribution >= 4 is 41.5 Å². The number of carbonyl (C=O) groups is 7. The zero-order valence-corrected chi connectivity index (χ0v) is 31.8. The maximum atomic E-state index is 14.0. The second-order valence-corrected chi connectivity index (χ2v) is 13.5. The van der Waals surface area contributed by atoms with Crippen LogP contribution >= 0.6 is 0 Å². The monoisotopic (exact) mass is 730 g/mol. The second kappa shape index (κ2) is 23.7. The van der Waals surface area contributed by atoms with E-state index in [0.717, 1.165) is 5.56 Å². The summed E-state index contributed by atoms with van der Waals surface area (Å²) in [6.45, 7) is 15.4. The first-order valence-electron chi connectivity index (χ1n) is 17.8. The number of Topliss-reactive ketones (excluding diaryl/α,β-unsaturated/α-hetero) is 1. The van der Waals surface area contributed by atoms with Crippen molar-refractivity contribution in [2.45, 2.75) is 111 Å². The lowest BCUT2D eigenvalue weighted by atomic mass is 9.91. The van der Waals surface area contributed by atoms with Gasteiger partial charge in [-0.05, 0) is 37.2 Å². The molecule has 0 radical (unpaired) electrons. The number of carbonyl (C=O) groups excluding carboxylic acids is 7. The molecule has 0 saturated heterocycles. The first kappa shape index (κ1) is 45.3. The minimum absolute atomic E-state index is 0.00108. The van der Waals surface area contributed by atoms with Crippen molar-refractivity contribution in [3.63, 3.8) is 0 Å². The Bertz CT molecular complexity index is 1350. The van der Waals surface area contributed by atoms with Gasteiger partial charge in [0.25, 0.3) is 0 Å². The Hall–Kier alpha value is -4.75. The van der Waals surface area contributed by atoms with Crippen molar-refractivity contribution < 1.29 is 47.8 Å². The minimum atomic E-state index is -1.56. The van der Waals surface area contributed by atoms with Gasteiger partial charge in [-0.3, -0.25) is 19.2 Å². The number of esters is 2. The average Bonchev–Trinajstić information content (AvgIpc) is 3.11. The van der Waals surface area contributed by atoms with Gasteiger partial charge in [-0.1, -0.05) is 91.0 Å². The summed E-state index contributed by atoms with van der Waals surface area (Å²) in [5.41, 5.74) is 0.743. The molecule has 6 atom stereocenters. The van der Waals surface area contributed by atoms with Crippen LogP contribution in [0.15, 0.2) is 43.0 Å². The highest BCUT2D eigenvalue weighted by molar-refractivity contribution is 5.94. The third-order valence-electron chi connectivity index (χ3n) is 8.42. The van der Waals surface area contributed by atoms with Gasteiger partial charge in [0, 0.05) is 31.7 Å². The number of amides is 4. The summed E-state index contributed by atoms with van der Waals surface area (Å²) in [6.07, 6.45) is -0.446. The fourth-order valence-corrected chi connectivity index (χ4v) is 4.98. The summed E-state index contributed by atoms with van der Waals surface area (Å²) in [4.78, 5) is 91.8. The van der Waals surface area contributed by atoms with E-state index in [9.17, 15) is 33.6 Å². The van der Waals surface area contributed by atoms with Crippen LogP contribution in [-0.2, 0) is 49.6 Å². The Morgan fingerprint density at radius 1 is 0.827 bits per heavy atom. The number of nitrogens with one attached hydrogen (secondary N) is 4. The van der Waals surface area contributed by atoms with Gasteiger partial charge in [-0.2, -0.15) is 0 Å². The molecule has 0 unspecified atom stereocenters. The van der Waals surface area contributed by atoms with E-state index < -0.39 is 71.8 Å². The van der Waals surface area contributed by atoms with Crippen molar-refractivity contribution in [1.29, 1.82) is 0 Å². The first-order valence-corrected chi connectivity index (χ1v) is 17.8. The van der Waals surface area contributed by atoms with Crippen LogP contribution in [0.1, 0.15) is 86.1 Å². The highest BCUT2D eigenvalue weighted by Gasteiger charge is 2.37. The SMILES string of the molecule is C=CCOC(=O)N[C@H](C(=O)O[C@H](C)[C@H](NC(=O)[C@H](CCC(=O)NC)CC(=O)C(C)C)C(=O)N[C@@H](CC(C)C)C(=O)OCc1ccccc1)[C@@H](C)CC. The lowest BCUT2D eigenvalue weighted by molar-refractivity contribution is -0.157. The van der Waals surface area contributed by atoms with Gasteiger partial charge in [0.05, 0.1) is 0 Å². The van der Waals surface area contributed by atoms with E-state index in [1.807, 2.05) is 26.8 Å². The van der Waals surface area contributed by atoms with Gasteiger partial charge < -0.3 is 35.5 Å². The molecule has 0 aromatic heterocycles. The van der Waals surface area contributed by atoms with E-state index in [-0.39, 0.29) is 56.5 Å². The molecule has 1 rings (SSSR count). The highest BCUT2D eigenvalue weighted by atomic mass is 16.6. The summed E-state index contributed by atoms with van der Waals surface area (Å²) in [5, 5.41) is 10.3. The molecule has 4 N–H and O–H groups in total. The lowest BCUT2D eigenvalue weighted by Gasteiger charge is -2.30. The van der Waals surface area contributed by atoms with E-state index in [0.29, 0.717) is 6.42 Å². The number of rotatable bonds is 23. The fourth-order valence-electron chi connectivity index (χ4n) is 4.98. The third kappa shape index (κ3) is 16.5. The number of hydrogen-bond donors (Lipinski definition) is 4. The normalized spacial score (nSPS) is 14.4. The van der Waals surface area contributed by atoms with Crippen molar-refractivity contribution in [2.75, 3.05) is 13.7 Å².